The molecule has 0 saturated carbocycles. The summed E-state index contributed by atoms with van der Waals surface area (Å²) < 4.78 is 10.7. The van der Waals surface area contributed by atoms with Gasteiger partial charge in [-0.05, 0) is 64.2 Å². The monoisotopic (exact) mass is 773 g/mol. The molecule has 0 atom stereocenters. The lowest BCUT2D eigenvalue weighted by Crippen LogP contribution is -2.10. The third-order valence-corrected chi connectivity index (χ3v) is 11.1. The lowest BCUT2D eigenvalue weighted by atomic mass is 10.0. The van der Waals surface area contributed by atoms with Gasteiger partial charge >= 0.3 is 11.9 Å². The first-order chi connectivity index (χ1) is 27.2. The number of hydrogen-bond acceptors (Lipinski definition) is 4. The molecule has 0 aliphatic rings. The van der Waals surface area contributed by atoms with Gasteiger partial charge in [-0.2, -0.15) is 0 Å². The average Bonchev–Trinajstić information content (AvgIpc) is 3.19. The summed E-state index contributed by atoms with van der Waals surface area (Å²) in [7, 11) is 0. The Labute approximate surface area is 344 Å². The molecular weight excluding hydrogens is 677 g/mol. The SMILES string of the molecule is CCCCCCCCC=CCCCCCCCCCCCCCC(=O)OCCCOC(=O)CCCCCCCCCCCCCC=CCCCCCCCC. The maximum atomic E-state index is 12.0. The average molecular weight is 773 g/mol. The molecule has 0 unspecified atom stereocenters. The van der Waals surface area contributed by atoms with Crippen LogP contribution in [0.3, 0.4) is 0 Å². The van der Waals surface area contributed by atoms with Crippen molar-refractivity contribution >= 4 is 11.9 Å². The first-order valence-corrected chi connectivity index (χ1v) is 24.8. The Kier molecular flexibility index (Phi) is 47.2. The van der Waals surface area contributed by atoms with Crippen LogP contribution in [0.25, 0.3) is 0 Å². The zero-order valence-corrected chi connectivity index (χ0v) is 37.3. The summed E-state index contributed by atoms with van der Waals surface area (Å²) >= 11 is 0. The van der Waals surface area contributed by atoms with E-state index in [0.29, 0.717) is 32.5 Å². The molecule has 0 radical (unpaired) electrons. The second-order valence-corrected chi connectivity index (χ2v) is 16.7. The Morgan fingerprint density at radius 2 is 0.509 bits per heavy atom. The predicted octanol–water partition coefficient (Wildman–Crippen LogP) is 17.2. The van der Waals surface area contributed by atoms with Crippen molar-refractivity contribution in [3.05, 3.63) is 24.3 Å². The number of rotatable bonds is 46. The Balaban J connectivity index is 3.28. The fourth-order valence-corrected chi connectivity index (χ4v) is 7.38. The minimum absolute atomic E-state index is 0.114. The molecule has 0 N–H and O–H groups in total. The van der Waals surface area contributed by atoms with Crippen molar-refractivity contribution < 1.29 is 19.1 Å². The number of hydrogen-bond donors (Lipinski definition) is 0. The highest BCUT2D eigenvalue weighted by Crippen LogP contribution is 2.15. The van der Waals surface area contributed by atoms with Crippen molar-refractivity contribution in [2.75, 3.05) is 13.2 Å². The van der Waals surface area contributed by atoms with E-state index in [9.17, 15) is 9.59 Å². The van der Waals surface area contributed by atoms with Crippen molar-refractivity contribution in [3.8, 4) is 0 Å². The van der Waals surface area contributed by atoms with Gasteiger partial charge in [-0.1, -0.05) is 218 Å². The lowest BCUT2D eigenvalue weighted by Gasteiger charge is -2.07. The van der Waals surface area contributed by atoms with Crippen LogP contribution in [-0.4, -0.2) is 25.2 Å². The van der Waals surface area contributed by atoms with Crippen LogP contribution in [0.1, 0.15) is 277 Å². The Morgan fingerprint density at radius 3 is 0.764 bits per heavy atom. The van der Waals surface area contributed by atoms with Gasteiger partial charge in [0.1, 0.15) is 0 Å². The molecule has 0 aromatic rings. The summed E-state index contributed by atoms with van der Waals surface area (Å²) in [4.78, 5) is 24.0. The molecule has 0 heterocycles. The smallest absolute Gasteiger partial charge is 0.305 e. The van der Waals surface area contributed by atoms with Gasteiger partial charge in [0.25, 0.3) is 0 Å². The molecule has 4 heteroatoms. The zero-order valence-electron chi connectivity index (χ0n) is 37.3. The van der Waals surface area contributed by atoms with E-state index in [1.807, 2.05) is 0 Å². The van der Waals surface area contributed by atoms with Crippen LogP contribution in [0, 0.1) is 0 Å². The molecular formula is C51H96O4. The standard InChI is InChI=1S/C51H96O4/c1-3-5-7-9-11-13-15-17-19-21-23-25-27-29-31-33-35-37-39-41-43-46-50(52)54-48-45-49-55-51(53)47-44-42-40-38-36-34-32-30-28-26-24-22-20-18-16-14-12-10-8-6-4-2/h17-20H,3-16,21-49H2,1-2H3. The third-order valence-electron chi connectivity index (χ3n) is 11.1. The van der Waals surface area contributed by atoms with E-state index in [4.69, 9.17) is 9.47 Å². The van der Waals surface area contributed by atoms with Gasteiger partial charge in [0.05, 0.1) is 13.2 Å². The molecule has 0 aliphatic carbocycles. The summed E-state index contributed by atoms with van der Waals surface area (Å²) in [5, 5.41) is 0. The van der Waals surface area contributed by atoms with E-state index >= 15 is 0 Å². The lowest BCUT2D eigenvalue weighted by molar-refractivity contribution is -0.146. The second-order valence-electron chi connectivity index (χ2n) is 16.7. The molecule has 0 fully saturated rings. The summed E-state index contributed by atoms with van der Waals surface area (Å²) in [6.07, 6.45) is 61.1. The van der Waals surface area contributed by atoms with Gasteiger partial charge in [-0.15, -0.1) is 0 Å². The van der Waals surface area contributed by atoms with E-state index in [2.05, 4.69) is 38.2 Å². The first-order valence-electron chi connectivity index (χ1n) is 24.8. The van der Waals surface area contributed by atoms with Gasteiger partial charge in [-0.3, -0.25) is 9.59 Å². The molecule has 324 valence electrons. The fourth-order valence-electron chi connectivity index (χ4n) is 7.38. The molecule has 0 bridgehead atoms. The van der Waals surface area contributed by atoms with Gasteiger partial charge in [0.15, 0.2) is 0 Å². The van der Waals surface area contributed by atoms with Gasteiger partial charge < -0.3 is 9.47 Å². The number of esters is 2. The Bertz CT molecular complexity index is 752. The molecule has 55 heavy (non-hydrogen) atoms. The molecule has 0 aliphatic heterocycles. The van der Waals surface area contributed by atoms with Crippen molar-refractivity contribution in [2.24, 2.45) is 0 Å². The normalized spacial score (nSPS) is 11.7. The largest absolute Gasteiger partial charge is 0.466 e. The molecule has 0 rings (SSSR count). The Hall–Kier alpha value is -1.58. The summed E-state index contributed by atoms with van der Waals surface area (Å²) in [6, 6.07) is 0. The number of ether oxygens (including phenoxy) is 2. The molecule has 0 aromatic heterocycles. The van der Waals surface area contributed by atoms with E-state index in [1.54, 1.807) is 0 Å². The van der Waals surface area contributed by atoms with E-state index in [0.717, 1.165) is 25.7 Å². The van der Waals surface area contributed by atoms with E-state index in [-0.39, 0.29) is 11.9 Å². The first kappa shape index (κ1) is 53.4. The minimum Gasteiger partial charge on any atom is -0.466 e. The van der Waals surface area contributed by atoms with Gasteiger partial charge in [0, 0.05) is 19.3 Å². The van der Waals surface area contributed by atoms with Crippen LogP contribution in [0.2, 0.25) is 0 Å². The second kappa shape index (κ2) is 48.6. The van der Waals surface area contributed by atoms with Crippen LogP contribution in [0.15, 0.2) is 24.3 Å². The van der Waals surface area contributed by atoms with Gasteiger partial charge in [0.2, 0.25) is 0 Å². The quantitative estimate of drug-likeness (QED) is 0.0351. The van der Waals surface area contributed by atoms with Crippen LogP contribution in [0.5, 0.6) is 0 Å². The predicted molar refractivity (Wildman–Crippen MR) is 241 cm³/mol. The third kappa shape index (κ3) is 48.5. The van der Waals surface area contributed by atoms with Crippen LogP contribution in [0.4, 0.5) is 0 Å². The van der Waals surface area contributed by atoms with Crippen LogP contribution in [-0.2, 0) is 19.1 Å². The van der Waals surface area contributed by atoms with E-state index < -0.39 is 0 Å². The van der Waals surface area contributed by atoms with Crippen LogP contribution >= 0.6 is 0 Å². The summed E-state index contributed by atoms with van der Waals surface area (Å²) in [6.45, 7) is 5.26. The number of carbonyl (C=O) groups is 2. The molecule has 0 aromatic carbocycles. The number of allylic oxidation sites excluding steroid dienone is 4. The Morgan fingerprint density at radius 1 is 0.291 bits per heavy atom. The maximum absolute atomic E-state index is 12.0. The highest BCUT2D eigenvalue weighted by atomic mass is 16.5. The summed E-state index contributed by atoms with van der Waals surface area (Å²) in [5.74, 6) is -0.228. The molecule has 0 saturated heterocycles. The van der Waals surface area contributed by atoms with Crippen molar-refractivity contribution in [1.82, 2.24) is 0 Å². The van der Waals surface area contributed by atoms with E-state index in [1.165, 1.54) is 218 Å². The summed E-state index contributed by atoms with van der Waals surface area (Å²) in [5.41, 5.74) is 0. The molecule has 0 amide bonds. The van der Waals surface area contributed by atoms with Crippen molar-refractivity contribution in [2.45, 2.75) is 277 Å². The fraction of sp³-hybridized carbons (Fsp3) is 0.882. The van der Waals surface area contributed by atoms with Crippen molar-refractivity contribution in [3.63, 3.8) is 0 Å². The highest BCUT2D eigenvalue weighted by molar-refractivity contribution is 5.69. The maximum Gasteiger partial charge on any atom is 0.305 e. The minimum atomic E-state index is -0.114. The zero-order chi connectivity index (χ0) is 39.8. The number of carbonyl (C=O) groups excluding carboxylic acids is 2. The molecule has 4 nitrogen and oxygen atoms in total. The van der Waals surface area contributed by atoms with Gasteiger partial charge in [-0.25, -0.2) is 0 Å². The highest BCUT2D eigenvalue weighted by Gasteiger charge is 2.05. The van der Waals surface area contributed by atoms with Crippen LogP contribution < -0.4 is 0 Å². The number of unbranched alkanes of at least 4 members (excludes halogenated alkanes) is 34. The topological polar surface area (TPSA) is 52.6 Å². The molecule has 0 spiro atoms. The van der Waals surface area contributed by atoms with Crippen molar-refractivity contribution in [1.29, 1.82) is 0 Å².